The van der Waals surface area contributed by atoms with Gasteiger partial charge in [0.05, 0.1) is 32.0 Å². The predicted octanol–water partition coefficient (Wildman–Crippen LogP) is 10.5. The van der Waals surface area contributed by atoms with E-state index in [1.165, 1.54) is 127 Å². The first-order valence-corrected chi connectivity index (χ1v) is 42.5. The molecule has 0 bridgehead atoms. The van der Waals surface area contributed by atoms with Crippen LogP contribution in [-0.2, 0) is 76.5 Å². The zero-order chi connectivity index (χ0) is 79.4. The molecule has 8 N–H and O–H groups in total. The molecule has 3 aromatic carbocycles. The zero-order valence-corrected chi connectivity index (χ0v) is 72.2. The topological polar surface area (TPSA) is 420 Å². The van der Waals surface area contributed by atoms with Crippen molar-refractivity contribution in [3.8, 4) is 46.0 Å². The summed E-state index contributed by atoms with van der Waals surface area (Å²) in [6, 6.07) is 8.07. The van der Waals surface area contributed by atoms with Crippen molar-refractivity contribution in [3.63, 3.8) is 0 Å². The van der Waals surface area contributed by atoms with Gasteiger partial charge in [0.15, 0.2) is 47.1 Å². The summed E-state index contributed by atoms with van der Waals surface area (Å²) in [7, 11) is -10.4. The van der Waals surface area contributed by atoms with E-state index in [-0.39, 0.29) is 125 Å². The molecule has 0 aliphatic carbocycles. The second-order valence-corrected chi connectivity index (χ2v) is 30.7. The molecular formula is C79H126Na2O27P2. The predicted molar refractivity (Wildman–Crippen MR) is 401 cm³/mol. The second-order valence-electron chi connectivity index (χ2n) is 27.9. The molecule has 0 aromatic heterocycles. The average Bonchev–Trinajstić information content (AvgIpc) is 0.774. The fourth-order valence-corrected chi connectivity index (χ4v) is 13.4. The van der Waals surface area contributed by atoms with Crippen LogP contribution in [0.1, 0.15) is 312 Å². The molecule has 27 nitrogen and oxygen atoms in total. The van der Waals surface area contributed by atoms with Crippen LogP contribution in [-0.4, -0.2) is 135 Å². The third-order valence-electron chi connectivity index (χ3n) is 18.1. The van der Waals surface area contributed by atoms with Crippen molar-refractivity contribution >= 4 is 45.5 Å². The first kappa shape index (κ1) is 104. The van der Waals surface area contributed by atoms with E-state index in [1.54, 1.807) is 0 Å². The Morgan fingerprint density at radius 2 is 0.773 bits per heavy atom. The molecule has 0 radical (unpaired) electrons. The molecule has 0 spiro atoms. The Morgan fingerprint density at radius 3 is 1.14 bits per heavy atom. The van der Waals surface area contributed by atoms with Crippen molar-refractivity contribution in [2.75, 3.05) is 39.6 Å². The molecular weight excluding hydrogens is 1490 g/mol. The van der Waals surface area contributed by atoms with Crippen LogP contribution < -0.4 is 73.6 Å². The fraction of sp³-hybridized carbons (Fsp3) is 0.709. The Morgan fingerprint density at radius 1 is 0.427 bits per heavy atom. The average molecular weight is 1620 g/mol. The number of ether oxygens (including phenoxy) is 6. The van der Waals surface area contributed by atoms with Gasteiger partial charge in [-0.1, -0.05) is 239 Å². The first-order chi connectivity index (χ1) is 51.8. The zero-order valence-electron chi connectivity index (χ0n) is 66.4. The number of aliphatic hydroxyl groups is 1. The minimum absolute atomic E-state index is 0. The van der Waals surface area contributed by atoms with E-state index < -0.39 is 139 Å². The third kappa shape index (κ3) is 48.1. The number of fused-ring (bicyclic) bond motifs is 1. The fourth-order valence-electron chi connectivity index (χ4n) is 11.9. The van der Waals surface area contributed by atoms with Gasteiger partial charge in [-0.05, 0) is 49.9 Å². The summed E-state index contributed by atoms with van der Waals surface area (Å²) in [6.07, 6.45) is 32.1. The number of unbranched alkanes of at least 4 members (excludes halogenated alkanes) is 32. The molecule has 1 aliphatic rings. The van der Waals surface area contributed by atoms with Gasteiger partial charge in [-0.3, -0.25) is 28.3 Å². The second kappa shape index (κ2) is 62.0. The maximum atomic E-state index is 12.8. The number of rotatable bonds is 61. The van der Waals surface area contributed by atoms with Gasteiger partial charge in [0.1, 0.15) is 42.7 Å². The minimum atomic E-state index is -5.20. The van der Waals surface area contributed by atoms with Crippen LogP contribution in [0.5, 0.6) is 46.0 Å². The molecule has 4 rings (SSSR count). The Hall–Kier alpha value is -4.41. The van der Waals surface area contributed by atoms with E-state index in [4.69, 9.17) is 46.5 Å². The number of phenols is 7. The van der Waals surface area contributed by atoms with Gasteiger partial charge in [-0.2, -0.15) is 0 Å². The maximum absolute atomic E-state index is 12.8. The number of phosphoric acid groups is 2. The van der Waals surface area contributed by atoms with Crippen molar-refractivity contribution in [3.05, 3.63) is 59.2 Å². The Bertz CT molecular complexity index is 3000. The van der Waals surface area contributed by atoms with Crippen LogP contribution in [0, 0.1) is 0 Å². The molecule has 3 aromatic rings. The van der Waals surface area contributed by atoms with Crippen molar-refractivity contribution in [2.45, 2.75) is 321 Å². The standard InChI is InChI=1S/C57H110O17P2.C22H18O10.2Na/c1-5-9-13-17-21-25-29-33-37-41-54(59)67-47-52(73-56(61)43-39-35-31-27-23-19-15-11-7-3)49-71-75(63,64)69-45-51(58)46-70-76(65,66)72-50-53(74-57(62)44-40-36-32-28-24-20-16-12-8-4)48-68-55(60)42-38-34-30-26-22-18-14-10-6-2;23-11-6-14(25)12-8-19(32-22(30)10-4-16(27)20(29)17(28)5-10)21(31-18(12)7-11)9-1-2-13(24)15(26)3-9;;/h51-53,58H,5-50H2,1-4H3,(H,63,64)(H,65,66);1-7,19,21,23-29H,8H2;;/q;;2*+1/p-2. The van der Waals surface area contributed by atoms with Gasteiger partial charge in [0.2, 0.25) is 0 Å². The number of aliphatic hydroxyl groups excluding tert-OH is 1. The number of benzene rings is 3. The number of aromatic hydroxyl groups is 7. The molecule has 0 amide bonds. The summed E-state index contributed by atoms with van der Waals surface area (Å²) in [5.41, 5.74) is 0.324. The van der Waals surface area contributed by atoms with Crippen molar-refractivity contribution in [1.29, 1.82) is 0 Å². The molecule has 1 heterocycles. The number of hydrogen-bond donors (Lipinski definition) is 8. The summed E-state index contributed by atoms with van der Waals surface area (Å²) < 4.78 is 78.1. The van der Waals surface area contributed by atoms with E-state index in [1.807, 2.05) is 0 Å². The largest absolute Gasteiger partial charge is 1.00 e. The monoisotopic (exact) mass is 1610 g/mol. The quantitative estimate of drug-likeness (QED) is 0.00650. The first-order valence-electron chi connectivity index (χ1n) is 39.6. The molecule has 6 unspecified atom stereocenters. The van der Waals surface area contributed by atoms with E-state index in [2.05, 4.69) is 27.7 Å². The molecule has 0 fully saturated rings. The van der Waals surface area contributed by atoms with Crippen molar-refractivity contribution in [2.24, 2.45) is 0 Å². The summed E-state index contributed by atoms with van der Waals surface area (Å²) >= 11 is 0. The van der Waals surface area contributed by atoms with Crippen LogP contribution >= 0.6 is 15.6 Å². The number of phosphoric ester groups is 2. The van der Waals surface area contributed by atoms with E-state index in [0.29, 0.717) is 31.2 Å². The van der Waals surface area contributed by atoms with Gasteiger partial charge in [0.25, 0.3) is 15.6 Å². The van der Waals surface area contributed by atoms with Crippen LogP contribution in [0.2, 0.25) is 0 Å². The van der Waals surface area contributed by atoms with Crippen molar-refractivity contribution in [1.82, 2.24) is 0 Å². The summed E-state index contributed by atoms with van der Waals surface area (Å²) in [5.74, 6) is -6.67. The number of phenolic OH excluding ortho intramolecular Hbond substituents is 7. The normalized spacial score (nSPS) is 14.9. The molecule has 110 heavy (non-hydrogen) atoms. The summed E-state index contributed by atoms with van der Waals surface area (Å²) in [5, 5.41) is 78.7. The third-order valence-corrected chi connectivity index (χ3v) is 20.0. The molecule has 0 saturated carbocycles. The van der Waals surface area contributed by atoms with Gasteiger partial charge in [-0.25, -0.2) is 4.79 Å². The van der Waals surface area contributed by atoms with Gasteiger partial charge in [0, 0.05) is 55.4 Å². The van der Waals surface area contributed by atoms with Crippen LogP contribution in [0.4, 0.5) is 0 Å². The van der Waals surface area contributed by atoms with Gasteiger partial charge >= 0.3 is 89.0 Å². The molecule has 6 atom stereocenters. The molecule has 616 valence electrons. The number of esters is 5. The van der Waals surface area contributed by atoms with E-state index in [0.717, 1.165) is 121 Å². The van der Waals surface area contributed by atoms with Crippen LogP contribution in [0.15, 0.2) is 42.5 Å². The van der Waals surface area contributed by atoms with Crippen molar-refractivity contribution < 1.29 is 189 Å². The minimum Gasteiger partial charge on any atom is -0.756 e. The number of hydrogen-bond acceptors (Lipinski definition) is 27. The van der Waals surface area contributed by atoms with Gasteiger partial charge in [-0.15, -0.1) is 0 Å². The van der Waals surface area contributed by atoms with Crippen LogP contribution in [0.25, 0.3) is 0 Å². The van der Waals surface area contributed by atoms with E-state index in [9.17, 15) is 83.7 Å². The Balaban J connectivity index is 0.00000146. The number of carbonyl (C=O) groups excluding carboxylic acids is 5. The summed E-state index contributed by atoms with van der Waals surface area (Å²) in [6.45, 7) is 4.36. The van der Waals surface area contributed by atoms with Gasteiger partial charge < -0.3 is 97.2 Å². The van der Waals surface area contributed by atoms with E-state index >= 15 is 0 Å². The molecule has 1 aliphatic heterocycles. The Kier molecular flexibility index (Phi) is 58.4. The number of carbonyl (C=O) groups is 5. The van der Waals surface area contributed by atoms with Crippen LogP contribution in [0.3, 0.4) is 0 Å². The molecule has 0 saturated heterocycles. The Labute approximate surface area is 696 Å². The smallest absolute Gasteiger partial charge is 0.756 e. The molecule has 31 heteroatoms. The SMILES string of the molecule is CCCCCCCCCCCC(=O)OCC(COP(=O)([O-])OCC(O)COP(=O)([O-])OCC(COC(=O)CCCCCCCCCCC)OC(=O)CCCCCCCCCCC)OC(=O)CCCCCCCCCCC.O=C(OC1Cc2c(O)cc(O)cc2OC1c1ccc(O)c(O)c1)c1cc(O)c(O)c(O)c1.[Na+].[Na+]. The summed E-state index contributed by atoms with van der Waals surface area (Å²) in [4.78, 5) is 88.9. The maximum Gasteiger partial charge on any atom is 1.00 e.